The van der Waals surface area contributed by atoms with Crippen LogP contribution in [0, 0.1) is 0 Å². The second-order valence-corrected chi connectivity index (χ2v) is 10.0. The van der Waals surface area contributed by atoms with Crippen LogP contribution in [0.15, 0.2) is 60.7 Å². The minimum Gasteiger partial charge on any atom is -0.454 e. The van der Waals surface area contributed by atoms with Crippen LogP contribution in [0.3, 0.4) is 0 Å². The molecular weight excluding hydrogens is 685 g/mol. The van der Waals surface area contributed by atoms with Gasteiger partial charge in [-0.15, -0.1) is 0 Å². The van der Waals surface area contributed by atoms with Crippen LogP contribution in [0.25, 0.3) is 0 Å². The normalized spacial score (nSPS) is 15.1. The minimum absolute atomic E-state index is 0.0464. The van der Waals surface area contributed by atoms with Crippen molar-refractivity contribution in [1.82, 2.24) is 10.6 Å². The molecule has 0 aliphatic heterocycles. The van der Waals surface area contributed by atoms with Gasteiger partial charge in [-0.1, -0.05) is 60.7 Å². The fourth-order valence-corrected chi connectivity index (χ4v) is 3.80. The number of rotatable bonds is 15. The number of carbonyl (C=O) groups excluding carboxylic acids is 2. The van der Waals surface area contributed by atoms with Gasteiger partial charge in [0.15, 0.2) is 6.61 Å². The molecule has 20 heteroatoms. The van der Waals surface area contributed by atoms with E-state index in [-0.39, 0.29) is 5.56 Å². The van der Waals surface area contributed by atoms with Gasteiger partial charge in [-0.05, 0) is 24.5 Å². The van der Waals surface area contributed by atoms with E-state index in [1.165, 1.54) is 42.6 Å². The molecule has 47 heavy (non-hydrogen) atoms. The number of alkyl halides is 15. The third-order valence-electron chi connectivity index (χ3n) is 6.55. The first-order valence-corrected chi connectivity index (χ1v) is 12.9. The van der Waals surface area contributed by atoms with Gasteiger partial charge in [-0.2, -0.15) is 65.9 Å². The highest BCUT2D eigenvalue weighted by atomic mass is 19.4. The van der Waals surface area contributed by atoms with Gasteiger partial charge >= 0.3 is 47.7 Å². The lowest BCUT2D eigenvalue weighted by atomic mass is 9.91. The van der Waals surface area contributed by atoms with Gasteiger partial charge in [0, 0.05) is 0 Å². The topological polar surface area (TPSA) is 67.4 Å². The fraction of sp³-hybridized carbons (Fsp3) is 0.481. The van der Waals surface area contributed by atoms with Crippen LogP contribution in [-0.2, 0) is 20.7 Å². The molecular formula is C27H23F15N2O3. The Morgan fingerprint density at radius 2 is 1.11 bits per heavy atom. The summed E-state index contributed by atoms with van der Waals surface area (Å²) in [6.07, 6.45) is -8.50. The maximum absolute atomic E-state index is 14.4. The lowest BCUT2D eigenvalue weighted by Gasteiger charge is -2.41. The maximum atomic E-state index is 14.4. The quantitative estimate of drug-likeness (QED) is 0.155. The second kappa shape index (κ2) is 13.8. The number of esters is 1. The van der Waals surface area contributed by atoms with Crippen LogP contribution in [0.1, 0.15) is 24.1 Å². The van der Waals surface area contributed by atoms with Crippen molar-refractivity contribution in [3.05, 3.63) is 71.8 Å². The van der Waals surface area contributed by atoms with E-state index in [1.807, 2.05) is 0 Å². The summed E-state index contributed by atoms with van der Waals surface area (Å²) in [5, 5.41) is 3.68. The first-order chi connectivity index (χ1) is 21.2. The molecule has 264 valence electrons. The lowest BCUT2D eigenvalue weighted by Crippen LogP contribution is -2.73. The monoisotopic (exact) mass is 708 g/mol. The summed E-state index contributed by atoms with van der Waals surface area (Å²) in [5.41, 5.74) is 0.631. The molecule has 0 aliphatic carbocycles. The van der Waals surface area contributed by atoms with Crippen LogP contribution in [0.4, 0.5) is 65.9 Å². The zero-order valence-corrected chi connectivity index (χ0v) is 23.4. The molecule has 0 heterocycles. The smallest absolute Gasteiger partial charge is 0.454 e. The van der Waals surface area contributed by atoms with Gasteiger partial charge in [0.25, 0.3) is 5.91 Å². The summed E-state index contributed by atoms with van der Waals surface area (Å²) in [6.45, 7) is -2.56. The number of halogens is 15. The molecule has 2 rings (SSSR count). The molecule has 0 saturated heterocycles. The summed E-state index contributed by atoms with van der Waals surface area (Å²) in [6, 6.07) is 11.7. The molecule has 0 bridgehead atoms. The predicted molar refractivity (Wildman–Crippen MR) is 132 cm³/mol. The van der Waals surface area contributed by atoms with Gasteiger partial charge < -0.3 is 10.1 Å². The second-order valence-electron chi connectivity index (χ2n) is 10.0. The molecule has 1 amide bonds. The van der Waals surface area contributed by atoms with Crippen LogP contribution in [0.2, 0.25) is 0 Å². The van der Waals surface area contributed by atoms with E-state index in [9.17, 15) is 75.4 Å². The van der Waals surface area contributed by atoms with Gasteiger partial charge in [0.1, 0.15) is 6.04 Å². The number of nitrogens with one attached hydrogen (secondary N) is 2. The van der Waals surface area contributed by atoms with E-state index >= 15 is 0 Å². The summed E-state index contributed by atoms with van der Waals surface area (Å²) in [4.78, 5) is 24.8. The molecule has 0 aromatic heterocycles. The summed E-state index contributed by atoms with van der Waals surface area (Å²) >= 11 is 0. The molecule has 2 unspecified atom stereocenters. The predicted octanol–water partition coefficient (Wildman–Crippen LogP) is 6.98. The summed E-state index contributed by atoms with van der Waals surface area (Å²) < 4.78 is 208. The Morgan fingerprint density at radius 1 is 0.660 bits per heavy atom. The first kappa shape index (κ1) is 39.5. The number of hydrogen-bond acceptors (Lipinski definition) is 4. The van der Waals surface area contributed by atoms with Crippen molar-refractivity contribution in [2.45, 2.75) is 67.1 Å². The van der Waals surface area contributed by atoms with Crippen LogP contribution < -0.4 is 10.6 Å². The SMILES string of the molecule is CC(NC(=O)COC(=O)C(Cc1ccccc1)NCC(F)(F)C(F)(F)C(F)(F)C(F)(F)C(F)(F)C(F)(F)C(F)(F)F)c1ccccc1. The highest BCUT2D eigenvalue weighted by Gasteiger charge is 2.93. The van der Waals surface area contributed by atoms with Crippen LogP contribution in [0.5, 0.6) is 0 Å². The number of carbonyl (C=O) groups is 2. The molecule has 2 atom stereocenters. The van der Waals surface area contributed by atoms with Crippen molar-refractivity contribution < 1.29 is 80.2 Å². The number of benzene rings is 2. The average Bonchev–Trinajstić information content (AvgIpc) is 2.97. The van der Waals surface area contributed by atoms with E-state index in [1.54, 1.807) is 30.3 Å². The van der Waals surface area contributed by atoms with Gasteiger partial charge in [0.2, 0.25) is 0 Å². The minimum atomic E-state index is -8.43. The maximum Gasteiger partial charge on any atom is 0.460 e. The molecule has 2 N–H and O–H groups in total. The zero-order chi connectivity index (χ0) is 36.3. The average molecular weight is 708 g/mol. The largest absolute Gasteiger partial charge is 0.460 e. The Labute approximate surface area is 255 Å². The Morgan fingerprint density at radius 3 is 1.60 bits per heavy atom. The van der Waals surface area contributed by atoms with Crippen molar-refractivity contribution in [2.75, 3.05) is 13.2 Å². The van der Waals surface area contributed by atoms with Gasteiger partial charge in [-0.3, -0.25) is 14.9 Å². The van der Waals surface area contributed by atoms with Gasteiger partial charge in [-0.25, -0.2) is 0 Å². The molecule has 5 nitrogen and oxygen atoms in total. The summed E-state index contributed by atoms with van der Waals surface area (Å²) in [7, 11) is 0. The number of ether oxygens (including phenoxy) is 1. The zero-order valence-electron chi connectivity index (χ0n) is 23.4. The number of amides is 1. The Balaban J connectivity index is 2.29. The molecule has 2 aromatic carbocycles. The molecule has 2 aromatic rings. The molecule has 0 radical (unpaired) electrons. The third-order valence-corrected chi connectivity index (χ3v) is 6.55. The Kier molecular flexibility index (Phi) is 11.6. The molecule has 0 saturated carbocycles. The molecule has 0 spiro atoms. The highest BCUT2D eigenvalue weighted by Crippen LogP contribution is 2.62. The van der Waals surface area contributed by atoms with E-state index in [0.717, 1.165) is 0 Å². The van der Waals surface area contributed by atoms with Crippen molar-refractivity contribution in [3.63, 3.8) is 0 Å². The number of hydrogen-bond donors (Lipinski definition) is 2. The standard InChI is InChI=1S/C27H23F15N2O3/c1-15(17-10-6-3-7-11-17)44-19(45)13-47-20(46)18(12-16-8-4-2-5-9-16)43-14-21(28,29)22(30,31)23(32,33)24(34,35)25(36,37)26(38,39)27(40,41)42/h2-11,15,18,43H,12-14H2,1H3,(H,44,45). The fourth-order valence-electron chi connectivity index (χ4n) is 3.80. The molecule has 0 aliphatic rings. The van der Waals surface area contributed by atoms with Crippen molar-refractivity contribution in [1.29, 1.82) is 0 Å². The van der Waals surface area contributed by atoms with E-state index < -0.39 is 85.2 Å². The van der Waals surface area contributed by atoms with E-state index in [4.69, 9.17) is 0 Å². The van der Waals surface area contributed by atoms with Crippen LogP contribution >= 0.6 is 0 Å². The highest BCUT2D eigenvalue weighted by molar-refractivity contribution is 5.82. The van der Waals surface area contributed by atoms with Gasteiger partial charge in [0.05, 0.1) is 12.6 Å². The molecule has 0 fully saturated rings. The Bertz CT molecular complexity index is 1350. The van der Waals surface area contributed by atoms with Crippen LogP contribution in [-0.4, -0.2) is 72.8 Å². The van der Waals surface area contributed by atoms with Crippen molar-refractivity contribution >= 4 is 11.9 Å². The third kappa shape index (κ3) is 7.89. The van der Waals surface area contributed by atoms with E-state index in [2.05, 4.69) is 10.1 Å². The summed E-state index contributed by atoms with van der Waals surface area (Å²) in [5.74, 6) is -50.2. The first-order valence-electron chi connectivity index (χ1n) is 12.9. The van der Waals surface area contributed by atoms with Crippen molar-refractivity contribution in [3.8, 4) is 0 Å². The van der Waals surface area contributed by atoms with Crippen molar-refractivity contribution in [2.24, 2.45) is 0 Å². The Hall–Kier alpha value is -3.71. The van der Waals surface area contributed by atoms with E-state index in [0.29, 0.717) is 5.56 Å². The lowest BCUT2D eigenvalue weighted by molar-refractivity contribution is -0.452.